The van der Waals surface area contributed by atoms with E-state index in [2.05, 4.69) is 34.5 Å². The van der Waals surface area contributed by atoms with Crippen molar-refractivity contribution in [2.75, 3.05) is 13.1 Å². The third-order valence-electron chi connectivity index (χ3n) is 3.83. The molecule has 0 bridgehead atoms. The summed E-state index contributed by atoms with van der Waals surface area (Å²) in [6.45, 7) is 4.20. The average Bonchev–Trinajstić information content (AvgIpc) is 2.98. The minimum absolute atomic E-state index is 0.157. The van der Waals surface area contributed by atoms with Gasteiger partial charge in [0, 0.05) is 5.92 Å². The normalized spacial score (nSPS) is 18.4. The van der Waals surface area contributed by atoms with E-state index in [1.54, 1.807) is 0 Å². The van der Waals surface area contributed by atoms with Gasteiger partial charge in [0.25, 0.3) is 0 Å². The molecular weight excluding hydrogens is 238 g/mol. The molecule has 1 atom stereocenters. The lowest BCUT2D eigenvalue weighted by molar-refractivity contribution is 0.355. The van der Waals surface area contributed by atoms with Crippen molar-refractivity contribution in [1.82, 2.24) is 15.5 Å². The fraction of sp³-hybridized carbons (Fsp3) is 0.467. The molecule has 0 saturated carbocycles. The highest BCUT2D eigenvalue weighted by Gasteiger charge is 2.23. The Hall–Kier alpha value is -1.68. The van der Waals surface area contributed by atoms with Gasteiger partial charge in [0.15, 0.2) is 5.82 Å². The topological polar surface area (TPSA) is 51.0 Å². The maximum Gasteiger partial charge on any atom is 0.233 e. The van der Waals surface area contributed by atoms with Gasteiger partial charge in [-0.3, -0.25) is 0 Å². The van der Waals surface area contributed by atoms with Gasteiger partial charge in [-0.1, -0.05) is 35.5 Å². The predicted octanol–water partition coefficient (Wildman–Crippen LogP) is 2.69. The van der Waals surface area contributed by atoms with Gasteiger partial charge in [-0.25, -0.2) is 0 Å². The predicted molar refractivity (Wildman–Crippen MR) is 73.1 cm³/mol. The van der Waals surface area contributed by atoms with Crippen LogP contribution in [0.5, 0.6) is 0 Å². The first kappa shape index (κ1) is 12.4. The van der Waals surface area contributed by atoms with Crippen molar-refractivity contribution in [3.8, 4) is 0 Å². The van der Waals surface area contributed by atoms with E-state index in [1.807, 2.05) is 18.2 Å². The molecule has 1 aliphatic heterocycles. The van der Waals surface area contributed by atoms with Gasteiger partial charge >= 0.3 is 0 Å². The largest absolute Gasteiger partial charge is 0.339 e. The van der Waals surface area contributed by atoms with E-state index >= 15 is 0 Å². The van der Waals surface area contributed by atoms with Gasteiger partial charge in [-0.2, -0.15) is 4.98 Å². The molecule has 3 rings (SSSR count). The Morgan fingerprint density at radius 2 is 1.95 bits per heavy atom. The summed E-state index contributed by atoms with van der Waals surface area (Å²) in [5.74, 6) is 2.20. The van der Waals surface area contributed by atoms with Crippen LogP contribution >= 0.6 is 0 Å². The second kappa shape index (κ2) is 5.53. The molecule has 1 saturated heterocycles. The number of aromatic nitrogens is 2. The number of rotatable bonds is 3. The first-order valence-electron chi connectivity index (χ1n) is 6.94. The van der Waals surface area contributed by atoms with Crippen LogP contribution in [0.1, 0.15) is 48.9 Å². The molecule has 1 fully saturated rings. The maximum atomic E-state index is 5.45. The minimum atomic E-state index is 0.157. The minimum Gasteiger partial charge on any atom is -0.339 e. The summed E-state index contributed by atoms with van der Waals surface area (Å²) in [6, 6.07) is 10.3. The highest BCUT2D eigenvalue weighted by molar-refractivity contribution is 5.23. The lowest BCUT2D eigenvalue weighted by atomic mass is 9.97. The zero-order valence-electron chi connectivity index (χ0n) is 11.2. The Labute approximate surface area is 113 Å². The van der Waals surface area contributed by atoms with E-state index < -0.39 is 0 Å². The zero-order chi connectivity index (χ0) is 13.1. The zero-order valence-corrected chi connectivity index (χ0v) is 11.2. The summed E-state index contributed by atoms with van der Waals surface area (Å²) in [7, 11) is 0. The van der Waals surface area contributed by atoms with Crippen molar-refractivity contribution in [3.63, 3.8) is 0 Å². The van der Waals surface area contributed by atoms with E-state index in [1.165, 1.54) is 5.56 Å². The van der Waals surface area contributed by atoms with E-state index in [-0.39, 0.29) is 5.92 Å². The second-order valence-corrected chi connectivity index (χ2v) is 5.15. The number of nitrogens with zero attached hydrogens (tertiary/aromatic N) is 2. The highest BCUT2D eigenvalue weighted by Crippen LogP contribution is 2.26. The molecule has 1 aromatic heterocycles. The van der Waals surface area contributed by atoms with Crippen LogP contribution in [-0.2, 0) is 0 Å². The molecule has 1 aromatic carbocycles. The molecule has 100 valence electrons. The molecule has 0 spiro atoms. The third kappa shape index (κ3) is 2.68. The van der Waals surface area contributed by atoms with Crippen LogP contribution in [0.25, 0.3) is 0 Å². The van der Waals surface area contributed by atoms with Crippen molar-refractivity contribution >= 4 is 0 Å². The van der Waals surface area contributed by atoms with Crippen LogP contribution in [0.15, 0.2) is 34.9 Å². The lowest BCUT2D eigenvalue weighted by Gasteiger charge is -2.19. The summed E-state index contributed by atoms with van der Waals surface area (Å²) in [5.41, 5.74) is 1.21. The Morgan fingerprint density at radius 3 is 2.68 bits per heavy atom. The van der Waals surface area contributed by atoms with E-state index in [4.69, 9.17) is 4.52 Å². The molecule has 19 heavy (non-hydrogen) atoms. The van der Waals surface area contributed by atoms with Crippen LogP contribution in [0.2, 0.25) is 0 Å². The molecule has 0 radical (unpaired) electrons. The Balaban J connectivity index is 1.77. The van der Waals surface area contributed by atoms with E-state index in [9.17, 15) is 0 Å². The van der Waals surface area contributed by atoms with Crippen LogP contribution in [0.3, 0.4) is 0 Å². The van der Waals surface area contributed by atoms with Gasteiger partial charge in [0.2, 0.25) is 5.89 Å². The Morgan fingerprint density at radius 1 is 1.21 bits per heavy atom. The molecule has 2 heterocycles. The van der Waals surface area contributed by atoms with Crippen LogP contribution in [0, 0.1) is 0 Å². The van der Waals surface area contributed by atoms with Crippen molar-refractivity contribution in [2.45, 2.75) is 31.6 Å². The first-order chi connectivity index (χ1) is 9.34. The fourth-order valence-corrected chi connectivity index (χ4v) is 2.55. The smallest absolute Gasteiger partial charge is 0.233 e. The molecular formula is C15H19N3O. The van der Waals surface area contributed by atoms with Crippen molar-refractivity contribution in [1.29, 1.82) is 0 Å². The van der Waals surface area contributed by atoms with Gasteiger partial charge < -0.3 is 9.84 Å². The average molecular weight is 257 g/mol. The van der Waals surface area contributed by atoms with E-state index in [0.29, 0.717) is 5.92 Å². The summed E-state index contributed by atoms with van der Waals surface area (Å²) in [4.78, 5) is 4.60. The first-order valence-corrected chi connectivity index (χ1v) is 6.94. The molecule has 0 amide bonds. The van der Waals surface area contributed by atoms with Crippen molar-refractivity contribution in [3.05, 3.63) is 47.6 Å². The summed E-state index contributed by atoms with van der Waals surface area (Å²) in [6.07, 6.45) is 2.19. The van der Waals surface area contributed by atoms with Gasteiger partial charge in [-0.15, -0.1) is 0 Å². The quantitative estimate of drug-likeness (QED) is 0.918. The Bertz CT molecular complexity index is 517. The van der Waals surface area contributed by atoms with Gasteiger partial charge in [0.05, 0.1) is 5.92 Å². The monoisotopic (exact) mass is 257 g/mol. The van der Waals surface area contributed by atoms with Crippen molar-refractivity contribution in [2.24, 2.45) is 0 Å². The number of benzene rings is 1. The summed E-state index contributed by atoms with van der Waals surface area (Å²) >= 11 is 0. The molecule has 1 unspecified atom stereocenters. The lowest BCUT2D eigenvalue weighted by Crippen LogP contribution is -2.27. The third-order valence-corrected chi connectivity index (χ3v) is 3.83. The van der Waals surface area contributed by atoms with Gasteiger partial charge in [-0.05, 0) is 38.4 Å². The van der Waals surface area contributed by atoms with Gasteiger partial charge in [0.1, 0.15) is 0 Å². The molecule has 1 N–H and O–H groups in total. The Kier molecular flexibility index (Phi) is 3.60. The molecule has 4 nitrogen and oxygen atoms in total. The second-order valence-electron chi connectivity index (χ2n) is 5.15. The number of nitrogens with one attached hydrogen (secondary N) is 1. The molecule has 1 aliphatic rings. The fourth-order valence-electron chi connectivity index (χ4n) is 2.55. The molecule has 4 heteroatoms. The van der Waals surface area contributed by atoms with Crippen LogP contribution < -0.4 is 5.32 Å². The summed E-state index contributed by atoms with van der Waals surface area (Å²) < 4.78 is 5.45. The SMILES string of the molecule is CC(c1ccccc1)c1nc(C2CCNCC2)no1. The standard InChI is InChI=1S/C15H19N3O/c1-11(12-5-3-2-4-6-12)15-17-14(18-19-15)13-7-9-16-10-8-13/h2-6,11,13,16H,7-10H2,1H3. The maximum absolute atomic E-state index is 5.45. The van der Waals surface area contributed by atoms with Crippen LogP contribution in [0.4, 0.5) is 0 Å². The van der Waals surface area contributed by atoms with Crippen molar-refractivity contribution < 1.29 is 4.52 Å². The van der Waals surface area contributed by atoms with Crippen LogP contribution in [-0.4, -0.2) is 23.2 Å². The molecule has 0 aliphatic carbocycles. The summed E-state index contributed by atoms with van der Waals surface area (Å²) in [5, 5.41) is 7.53. The number of hydrogen-bond donors (Lipinski definition) is 1. The highest BCUT2D eigenvalue weighted by atomic mass is 16.5. The van der Waals surface area contributed by atoms with E-state index in [0.717, 1.165) is 37.6 Å². The number of hydrogen-bond acceptors (Lipinski definition) is 4. The molecule has 2 aromatic rings. The number of piperidine rings is 1.